The van der Waals surface area contributed by atoms with E-state index >= 15 is 0 Å². The van der Waals surface area contributed by atoms with Crippen LogP contribution in [0.2, 0.25) is 0 Å². The van der Waals surface area contributed by atoms with Crippen LogP contribution < -0.4 is 5.32 Å². The average Bonchev–Trinajstić information content (AvgIpc) is 2.10. The molecule has 0 rings (SSSR count). The van der Waals surface area contributed by atoms with Gasteiger partial charge in [0.2, 0.25) is 5.91 Å². The van der Waals surface area contributed by atoms with E-state index in [2.05, 4.69) is 5.32 Å². The minimum atomic E-state index is 0.0407. The third-order valence-electron chi connectivity index (χ3n) is 1.50. The van der Waals surface area contributed by atoms with Crippen LogP contribution in [-0.4, -0.2) is 39.4 Å². The molecule has 0 aromatic heterocycles. The molecule has 0 saturated carbocycles. The molecule has 1 N–H and O–H groups in total. The summed E-state index contributed by atoms with van der Waals surface area (Å²) in [6.45, 7) is 6.01. The van der Waals surface area contributed by atoms with E-state index in [-0.39, 0.29) is 11.8 Å². The van der Waals surface area contributed by atoms with E-state index in [9.17, 15) is 4.79 Å². The summed E-state index contributed by atoms with van der Waals surface area (Å²) in [7, 11) is 1.63. The zero-order valence-electron chi connectivity index (χ0n) is 8.63. The number of nitrogens with one attached hydrogen (secondary N) is 1. The predicted octanol–water partition coefficient (Wildman–Crippen LogP) is 0.422. The van der Waals surface area contributed by atoms with Gasteiger partial charge < -0.3 is 14.8 Å². The second-order valence-corrected chi connectivity index (χ2v) is 3.05. The van der Waals surface area contributed by atoms with Gasteiger partial charge in [0.05, 0.1) is 19.8 Å². The maximum Gasteiger partial charge on any atom is 0.222 e. The molecule has 0 aromatic rings. The van der Waals surface area contributed by atoms with Crippen molar-refractivity contribution < 1.29 is 14.3 Å². The molecule has 0 fully saturated rings. The Balaban J connectivity index is 3.12. The topological polar surface area (TPSA) is 47.6 Å². The molecule has 0 radical (unpaired) electrons. The summed E-state index contributed by atoms with van der Waals surface area (Å²) in [6.07, 6.45) is 0. The Labute approximate surface area is 79.6 Å². The van der Waals surface area contributed by atoms with E-state index in [4.69, 9.17) is 9.47 Å². The Morgan fingerprint density at radius 2 is 2.00 bits per heavy atom. The largest absolute Gasteiger partial charge is 0.382 e. The van der Waals surface area contributed by atoms with Gasteiger partial charge in [0.25, 0.3) is 0 Å². The van der Waals surface area contributed by atoms with Gasteiger partial charge in [-0.3, -0.25) is 4.79 Å². The highest BCUT2D eigenvalue weighted by atomic mass is 16.5. The first-order valence-electron chi connectivity index (χ1n) is 4.53. The molecular weight excluding hydrogens is 170 g/mol. The minimum absolute atomic E-state index is 0.0407. The number of rotatable bonds is 7. The van der Waals surface area contributed by atoms with E-state index in [1.807, 2.05) is 13.8 Å². The fraction of sp³-hybridized carbons (Fsp3) is 0.889. The van der Waals surface area contributed by atoms with Gasteiger partial charge in [0.15, 0.2) is 0 Å². The molecule has 0 aliphatic heterocycles. The van der Waals surface area contributed by atoms with Crippen LogP contribution in [0.3, 0.4) is 0 Å². The summed E-state index contributed by atoms with van der Waals surface area (Å²) in [6, 6.07) is 0. The van der Waals surface area contributed by atoms with Crippen molar-refractivity contribution in [3.8, 4) is 0 Å². The summed E-state index contributed by atoms with van der Waals surface area (Å²) in [5.41, 5.74) is 0. The Bertz CT molecular complexity index is 137. The predicted molar refractivity (Wildman–Crippen MR) is 50.5 cm³/mol. The van der Waals surface area contributed by atoms with E-state index in [1.165, 1.54) is 0 Å². The number of hydrogen-bond donors (Lipinski definition) is 1. The van der Waals surface area contributed by atoms with Gasteiger partial charge in [-0.2, -0.15) is 0 Å². The van der Waals surface area contributed by atoms with Crippen molar-refractivity contribution in [3.63, 3.8) is 0 Å². The van der Waals surface area contributed by atoms with Crippen molar-refractivity contribution in [2.24, 2.45) is 5.92 Å². The molecule has 4 heteroatoms. The number of amides is 1. The van der Waals surface area contributed by atoms with E-state index in [1.54, 1.807) is 7.11 Å². The molecule has 0 spiro atoms. The molecule has 0 heterocycles. The third-order valence-corrected chi connectivity index (χ3v) is 1.50. The highest BCUT2D eigenvalue weighted by Gasteiger charge is 2.04. The number of carbonyl (C=O) groups excluding carboxylic acids is 1. The summed E-state index contributed by atoms with van der Waals surface area (Å²) in [5.74, 6) is 0.106. The summed E-state index contributed by atoms with van der Waals surface area (Å²) in [4.78, 5) is 11.0. The fourth-order valence-corrected chi connectivity index (χ4v) is 0.695. The molecule has 0 unspecified atom stereocenters. The first kappa shape index (κ1) is 12.4. The third kappa shape index (κ3) is 7.74. The molecule has 0 bridgehead atoms. The molecule has 1 amide bonds. The van der Waals surface area contributed by atoms with Crippen LogP contribution in [0.25, 0.3) is 0 Å². The lowest BCUT2D eigenvalue weighted by molar-refractivity contribution is -0.124. The maximum atomic E-state index is 11.0. The van der Waals surface area contributed by atoms with Gasteiger partial charge in [-0.15, -0.1) is 0 Å². The summed E-state index contributed by atoms with van der Waals surface area (Å²) in [5, 5.41) is 2.75. The van der Waals surface area contributed by atoms with Crippen molar-refractivity contribution >= 4 is 5.91 Å². The van der Waals surface area contributed by atoms with Gasteiger partial charge >= 0.3 is 0 Å². The second-order valence-electron chi connectivity index (χ2n) is 3.05. The highest BCUT2D eigenvalue weighted by molar-refractivity contribution is 5.77. The molecule has 78 valence electrons. The number of methoxy groups -OCH3 is 1. The Morgan fingerprint density at radius 3 is 2.54 bits per heavy atom. The molecule has 0 aromatic carbocycles. The quantitative estimate of drug-likeness (QED) is 0.590. The smallest absolute Gasteiger partial charge is 0.222 e. The van der Waals surface area contributed by atoms with Crippen LogP contribution in [0.4, 0.5) is 0 Å². The SMILES string of the molecule is COCCOCCNC(=O)C(C)C. The lowest BCUT2D eigenvalue weighted by Crippen LogP contribution is -2.30. The van der Waals surface area contributed by atoms with E-state index < -0.39 is 0 Å². The summed E-state index contributed by atoms with van der Waals surface area (Å²) < 4.78 is 9.96. The van der Waals surface area contributed by atoms with Crippen LogP contribution in [0.15, 0.2) is 0 Å². The summed E-state index contributed by atoms with van der Waals surface area (Å²) >= 11 is 0. The van der Waals surface area contributed by atoms with Gasteiger partial charge in [-0.1, -0.05) is 13.8 Å². The first-order chi connectivity index (χ1) is 6.18. The molecule has 0 aliphatic carbocycles. The highest BCUT2D eigenvalue weighted by Crippen LogP contribution is 1.89. The fourth-order valence-electron chi connectivity index (χ4n) is 0.695. The van der Waals surface area contributed by atoms with Gasteiger partial charge in [0, 0.05) is 19.6 Å². The lowest BCUT2D eigenvalue weighted by atomic mass is 10.2. The normalized spacial score (nSPS) is 10.5. The van der Waals surface area contributed by atoms with Gasteiger partial charge in [-0.25, -0.2) is 0 Å². The standard InChI is InChI=1S/C9H19NO3/c1-8(2)9(11)10-4-5-13-7-6-12-3/h8H,4-7H2,1-3H3,(H,10,11). The number of hydrogen-bond acceptors (Lipinski definition) is 3. The minimum Gasteiger partial charge on any atom is -0.382 e. The monoisotopic (exact) mass is 189 g/mol. The van der Waals surface area contributed by atoms with Crippen LogP contribution in [0.1, 0.15) is 13.8 Å². The second kappa shape index (κ2) is 8.01. The molecular formula is C9H19NO3. The maximum absolute atomic E-state index is 11.0. The van der Waals surface area contributed by atoms with Crippen LogP contribution >= 0.6 is 0 Å². The number of carbonyl (C=O) groups is 1. The van der Waals surface area contributed by atoms with Crippen molar-refractivity contribution in [2.45, 2.75) is 13.8 Å². The van der Waals surface area contributed by atoms with Crippen molar-refractivity contribution in [1.29, 1.82) is 0 Å². The zero-order valence-corrected chi connectivity index (χ0v) is 8.63. The van der Waals surface area contributed by atoms with E-state index in [0.717, 1.165) is 0 Å². The zero-order chi connectivity index (χ0) is 10.1. The Kier molecular flexibility index (Phi) is 7.63. The van der Waals surface area contributed by atoms with E-state index in [0.29, 0.717) is 26.4 Å². The van der Waals surface area contributed by atoms with Gasteiger partial charge in [-0.05, 0) is 0 Å². The van der Waals surface area contributed by atoms with Crippen LogP contribution in [0.5, 0.6) is 0 Å². The number of ether oxygens (including phenoxy) is 2. The molecule has 0 saturated heterocycles. The van der Waals surface area contributed by atoms with Crippen molar-refractivity contribution in [2.75, 3.05) is 33.5 Å². The average molecular weight is 189 g/mol. The lowest BCUT2D eigenvalue weighted by Gasteiger charge is -2.07. The van der Waals surface area contributed by atoms with Crippen molar-refractivity contribution in [1.82, 2.24) is 5.32 Å². The molecule has 4 nitrogen and oxygen atoms in total. The Hall–Kier alpha value is -0.610. The van der Waals surface area contributed by atoms with Crippen LogP contribution in [0, 0.1) is 5.92 Å². The first-order valence-corrected chi connectivity index (χ1v) is 4.53. The van der Waals surface area contributed by atoms with Gasteiger partial charge in [0.1, 0.15) is 0 Å². The molecule has 13 heavy (non-hydrogen) atoms. The molecule has 0 aliphatic rings. The van der Waals surface area contributed by atoms with Crippen molar-refractivity contribution in [3.05, 3.63) is 0 Å². The van der Waals surface area contributed by atoms with Crippen LogP contribution in [-0.2, 0) is 14.3 Å². The molecule has 0 atom stereocenters. The Morgan fingerprint density at radius 1 is 1.31 bits per heavy atom.